The molecule has 94 valence electrons. The van der Waals surface area contributed by atoms with Crippen LogP contribution in [0.2, 0.25) is 0 Å². The molecule has 0 aromatic carbocycles. The molecular formula is C12H22O4. The molecule has 0 amide bonds. The average molecular weight is 230 g/mol. The van der Waals surface area contributed by atoms with E-state index in [1.807, 2.05) is 20.8 Å². The topological polar surface area (TPSA) is 55.8 Å². The lowest BCUT2D eigenvalue weighted by Gasteiger charge is -2.36. The molecule has 1 heterocycles. The number of rotatable bonds is 2. The lowest BCUT2D eigenvalue weighted by molar-refractivity contribution is -0.257. The van der Waals surface area contributed by atoms with E-state index in [0.29, 0.717) is 13.0 Å². The Morgan fingerprint density at radius 3 is 2.50 bits per heavy atom. The molecule has 16 heavy (non-hydrogen) atoms. The Morgan fingerprint density at radius 2 is 2.06 bits per heavy atom. The normalized spacial score (nSPS) is 28.6. The molecule has 1 saturated heterocycles. The van der Waals surface area contributed by atoms with Gasteiger partial charge in [0.05, 0.1) is 6.61 Å². The summed E-state index contributed by atoms with van der Waals surface area (Å²) >= 11 is 0. The first-order chi connectivity index (χ1) is 7.25. The first-order valence-corrected chi connectivity index (χ1v) is 5.84. The minimum Gasteiger partial charge on any atom is -0.460 e. The Labute approximate surface area is 96.9 Å². The van der Waals surface area contributed by atoms with Gasteiger partial charge in [-0.3, -0.25) is 4.79 Å². The Kier molecular flexibility index (Phi) is 3.97. The Morgan fingerprint density at radius 1 is 1.44 bits per heavy atom. The van der Waals surface area contributed by atoms with Crippen molar-refractivity contribution in [3.8, 4) is 0 Å². The van der Waals surface area contributed by atoms with Gasteiger partial charge in [0.2, 0.25) is 0 Å². The Hall–Kier alpha value is -0.610. The highest BCUT2D eigenvalue weighted by Crippen LogP contribution is 2.31. The van der Waals surface area contributed by atoms with Gasteiger partial charge in [-0.25, -0.2) is 0 Å². The van der Waals surface area contributed by atoms with Gasteiger partial charge in [-0.2, -0.15) is 0 Å². The number of aliphatic hydroxyl groups is 1. The maximum atomic E-state index is 11.8. The molecule has 2 unspecified atom stereocenters. The van der Waals surface area contributed by atoms with Crippen LogP contribution in [0.4, 0.5) is 0 Å². The molecule has 1 N–H and O–H groups in total. The molecular weight excluding hydrogens is 208 g/mol. The molecule has 0 aliphatic carbocycles. The molecule has 1 rings (SSSR count). The van der Waals surface area contributed by atoms with Gasteiger partial charge in [-0.05, 0) is 40.5 Å². The number of carbonyl (C=O) groups excluding carboxylic acids is 1. The van der Waals surface area contributed by atoms with Gasteiger partial charge in [0.25, 0.3) is 0 Å². The van der Waals surface area contributed by atoms with Crippen molar-refractivity contribution in [2.75, 3.05) is 6.61 Å². The summed E-state index contributed by atoms with van der Waals surface area (Å²) in [4.78, 5) is 11.8. The fourth-order valence-corrected chi connectivity index (χ4v) is 1.72. The fourth-order valence-electron chi connectivity index (χ4n) is 1.72. The molecule has 0 aromatic rings. The summed E-state index contributed by atoms with van der Waals surface area (Å²) in [6.07, 6.45) is 2.31. The predicted octanol–water partition coefficient (Wildman–Crippen LogP) is 1.85. The molecule has 2 atom stereocenters. The minimum atomic E-state index is -1.35. The number of esters is 1. The van der Waals surface area contributed by atoms with E-state index in [9.17, 15) is 9.90 Å². The van der Waals surface area contributed by atoms with E-state index in [2.05, 4.69) is 0 Å². The second-order valence-electron chi connectivity index (χ2n) is 5.41. The van der Waals surface area contributed by atoms with E-state index in [1.165, 1.54) is 0 Å². The van der Waals surface area contributed by atoms with Crippen LogP contribution in [-0.2, 0) is 14.3 Å². The molecule has 0 bridgehead atoms. The van der Waals surface area contributed by atoms with Crippen molar-refractivity contribution in [1.82, 2.24) is 0 Å². The third-order valence-corrected chi connectivity index (χ3v) is 2.72. The third kappa shape index (κ3) is 3.46. The van der Waals surface area contributed by atoms with Gasteiger partial charge in [-0.15, -0.1) is 0 Å². The van der Waals surface area contributed by atoms with Crippen LogP contribution in [0, 0.1) is 5.92 Å². The van der Waals surface area contributed by atoms with Crippen molar-refractivity contribution in [3.63, 3.8) is 0 Å². The maximum Gasteiger partial charge on any atom is 0.314 e. The van der Waals surface area contributed by atoms with Gasteiger partial charge in [0.1, 0.15) is 11.5 Å². The monoisotopic (exact) mass is 230 g/mol. The van der Waals surface area contributed by atoms with Gasteiger partial charge < -0.3 is 14.6 Å². The van der Waals surface area contributed by atoms with Crippen LogP contribution < -0.4 is 0 Å². The molecule has 0 spiro atoms. The van der Waals surface area contributed by atoms with E-state index >= 15 is 0 Å². The van der Waals surface area contributed by atoms with E-state index in [0.717, 1.165) is 12.8 Å². The first kappa shape index (κ1) is 13.5. The van der Waals surface area contributed by atoms with Crippen LogP contribution in [0.5, 0.6) is 0 Å². The Bertz CT molecular complexity index is 248. The quantitative estimate of drug-likeness (QED) is 0.736. The van der Waals surface area contributed by atoms with E-state index in [1.54, 1.807) is 6.92 Å². The van der Waals surface area contributed by atoms with Crippen molar-refractivity contribution in [1.29, 1.82) is 0 Å². The number of hydrogen-bond donors (Lipinski definition) is 1. The smallest absolute Gasteiger partial charge is 0.314 e. The molecule has 4 nitrogen and oxygen atoms in total. The zero-order valence-corrected chi connectivity index (χ0v) is 10.6. The first-order valence-electron chi connectivity index (χ1n) is 5.84. The SMILES string of the molecule is CC(C(=O)OC(C)(C)C)C1(O)CCCCO1. The standard InChI is InChI=1S/C12H22O4/c1-9(10(13)16-11(2,3)4)12(14)7-5-6-8-15-12/h9,14H,5-8H2,1-4H3. The minimum absolute atomic E-state index is 0.406. The van der Waals surface area contributed by atoms with Crippen LogP contribution in [0.3, 0.4) is 0 Å². The second-order valence-corrected chi connectivity index (χ2v) is 5.41. The lowest BCUT2D eigenvalue weighted by Crippen LogP contribution is -2.47. The largest absolute Gasteiger partial charge is 0.460 e. The van der Waals surface area contributed by atoms with Crippen LogP contribution in [0.1, 0.15) is 47.0 Å². The van der Waals surface area contributed by atoms with Crippen LogP contribution in [0.15, 0.2) is 0 Å². The summed E-state index contributed by atoms with van der Waals surface area (Å²) in [7, 11) is 0. The van der Waals surface area contributed by atoms with E-state index in [-0.39, 0.29) is 0 Å². The molecule has 1 aliphatic heterocycles. The van der Waals surface area contributed by atoms with Gasteiger partial charge >= 0.3 is 5.97 Å². The number of carbonyl (C=O) groups is 1. The van der Waals surface area contributed by atoms with Crippen LogP contribution >= 0.6 is 0 Å². The van der Waals surface area contributed by atoms with Gasteiger partial charge in [-0.1, -0.05) is 0 Å². The maximum absolute atomic E-state index is 11.8. The zero-order valence-electron chi connectivity index (χ0n) is 10.6. The highest BCUT2D eigenvalue weighted by Gasteiger charge is 2.42. The summed E-state index contributed by atoms with van der Waals surface area (Å²) in [6, 6.07) is 0. The number of ether oxygens (including phenoxy) is 2. The Balaban J connectivity index is 2.61. The molecule has 0 saturated carbocycles. The van der Waals surface area contributed by atoms with Gasteiger partial charge in [0, 0.05) is 6.42 Å². The lowest BCUT2D eigenvalue weighted by atomic mass is 9.93. The zero-order chi connectivity index (χ0) is 12.4. The van der Waals surface area contributed by atoms with E-state index < -0.39 is 23.3 Å². The highest BCUT2D eigenvalue weighted by molar-refractivity contribution is 5.73. The molecule has 0 radical (unpaired) electrons. The van der Waals surface area contributed by atoms with Crippen molar-refractivity contribution in [3.05, 3.63) is 0 Å². The van der Waals surface area contributed by atoms with Crippen LogP contribution in [0.25, 0.3) is 0 Å². The molecule has 1 fully saturated rings. The van der Waals surface area contributed by atoms with Crippen molar-refractivity contribution >= 4 is 5.97 Å². The average Bonchev–Trinajstić information content (AvgIpc) is 2.15. The predicted molar refractivity (Wildman–Crippen MR) is 59.8 cm³/mol. The summed E-state index contributed by atoms with van der Waals surface area (Å²) in [6.45, 7) is 7.58. The summed E-state index contributed by atoms with van der Waals surface area (Å²) in [5, 5.41) is 10.2. The fraction of sp³-hybridized carbons (Fsp3) is 0.917. The molecule has 4 heteroatoms. The third-order valence-electron chi connectivity index (χ3n) is 2.72. The molecule has 0 aromatic heterocycles. The van der Waals surface area contributed by atoms with Crippen molar-refractivity contribution in [2.24, 2.45) is 5.92 Å². The van der Waals surface area contributed by atoms with Crippen molar-refractivity contribution in [2.45, 2.75) is 58.3 Å². The van der Waals surface area contributed by atoms with Gasteiger partial charge in [0.15, 0.2) is 5.79 Å². The second kappa shape index (κ2) is 4.72. The van der Waals surface area contributed by atoms with Crippen LogP contribution in [-0.4, -0.2) is 29.1 Å². The molecule has 1 aliphatic rings. The van der Waals surface area contributed by atoms with Crippen molar-refractivity contribution < 1.29 is 19.4 Å². The number of hydrogen-bond acceptors (Lipinski definition) is 4. The summed E-state index contributed by atoms with van der Waals surface area (Å²) in [5.41, 5.74) is -0.531. The summed E-state index contributed by atoms with van der Waals surface area (Å²) in [5.74, 6) is -2.40. The van der Waals surface area contributed by atoms with E-state index in [4.69, 9.17) is 9.47 Å². The summed E-state index contributed by atoms with van der Waals surface area (Å²) < 4.78 is 10.6. The highest BCUT2D eigenvalue weighted by atomic mass is 16.6.